The Balaban J connectivity index is 2.22. The Morgan fingerprint density at radius 3 is 2.63 bits per heavy atom. The SMILES string of the molecule is CC(C)C1C(=O)NC(=O)N(Cc2ccccn2)C1=O. The van der Waals surface area contributed by atoms with Gasteiger partial charge in [0.25, 0.3) is 0 Å². The topological polar surface area (TPSA) is 79.4 Å². The van der Waals surface area contributed by atoms with Gasteiger partial charge in [-0.1, -0.05) is 19.9 Å². The number of rotatable bonds is 3. The molecule has 4 amide bonds. The summed E-state index contributed by atoms with van der Waals surface area (Å²) in [5.74, 6) is -1.97. The minimum Gasteiger partial charge on any atom is -0.277 e. The fraction of sp³-hybridized carbons (Fsp3) is 0.385. The van der Waals surface area contributed by atoms with Gasteiger partial charge in [0.1, 0.15) is 5.92 Å². The molecule has 19 heavy (non-hydrogen) atoms. The highest BCUT2D eigenvalue weighted by molar-refractivity contribution is 6.16. The maximum atomic E-state index is 12.2. The molecule has 0 spiro atoms. The first-order chi connectivity index (χ1) is 9.00. The van der Waals surface area contributed by atoms with Crippen LogP contribution >= 0.6 is 0 Å². The number of imide groups is 2. The van der Waals surface area contributed by atoms with Gasteiger partial charge in [-0.3, -0.25) is 24.8 Å². The van der Waals surface area contributed by atoms with E-state index in [9.17, 15) is 14.4 Å². The second-order valence-electron chi connectivity index (χ2n) is 4.76. The van der Waals surface area contributed by atoms with Crippen LogP contribution in [-0.2, 0) is 16.1 Å². The number of hydrogen-bond acceptors (Lipinski definition) is 4. The summed E-state index contributed by atoms with van der Waals surface area (Å²) >= 11 is 0. The quantitative estimate of drug-likeness (QED) is 0.821. The maximum Gasteiger partial charge on any atom is 0.331 e. The second kappa shape index (κ2) is 5.17. The molecule has 0 saturated carbocycles. The van der Waals surface area contributed by atoms with Crippen molar-refractivity contribution in [2.75, 3.05) is 0 Å². The molecule has 100 valence electrons. The van der Waals surface area contributed by atoms with Crippen molar-refractivity contribution in [1.82, 2.24) is 15.2 Å². The number of nitrogens with one attached hydrogen (secondary N) is 1. The molecular weight excluding hydrogens is 246 g/mol. The van der Waals surface area contributed by atoms with Crippen molar-refractivity contribution in [3.8, 4) is 0 Å². The molecule has 0 aliphatic carbocycles. The van der Waals surface area contributed by atoms with Crippen LogP contribution in [0.25, 0.3) is 0 Å². The van der Waals surface area contributed by atoms with Gasteiger partial charge in [-0.2, -0.15) is 0 Å². The Labute approximate surface area is 110 Å². The number of barbiturate groups is 1. The van der Waals surface area contributed by atoms with Crippen LogP contribution in [0, 0.1) is 11.8 Å². The average molecular weight is 261 g/mol. The molecule has 1 N–H and O–H groups in total. The van der Waals surface area contributed by atoms with Gasteiger partial charge in [0, 0.05) is 6.20 Å². The Morgan fingerprint density at radius 2 is 2.05 bits per heavy atom. The van der Waals surface area contributed by atoms with Crippen LogP contribution in [0.1, 0.15) is 19.5 Å². The third kappa shape index (κ3) is 2.62. The summed E-state index contributed by atoms with van der Waals surface area (Å²) in [6, 6.07) is 4.57. The van der Waals surface area contributed by atoms with Crippen molar-refractivity contribution in [2.24, 2.45) is 11.8 Å². The smallest absolute Gasteiger partial charge is 0.277 e. The zero-order valence-electron chi connectivity index (χ0n) is 10.8. The third-order valence-electron chi connectivity index (χ3n) is 3.00. The average Bonchev–Trinajstić information content (AvgIpc) is 2.35. The summed E-state index contributed by atoms with van der Waals surface area (Å²) in [4.78, 5) is 40.7. The van der Waals surface area contributed by atoms with Crippen LogP contribution in [0.5, 0.6) is 0 Å². The molecule has 2 rings (SSSR count). The highest BCUT2D eigenvalue weighted by Gasteiger charge is 2.41. The number of hydrogen-bond donors (Lipinski definition) is 1. The van der Waals surface area contributed by atoms with Crippen molar-refractivity contribution < 1.29 is 14.4 Å². The van der Waals surface area contributed by atoms with E-state index >= 15 is 0 Å². The number of carbonyl (C=O) groups excluding carboxylic acids is 3. The van der Waals surface area contributed by atoms with Crippen molar-refractivity contribution in [2.45, 2.75) is 20.4 Å². The first-order valence-corrected chi connectivity index (χ1v) is 6.07. The molecule has 1 aromatic heterocycles. The van der Waals surface area contributed by atoms with Crippen LogP contribution in [0.2, 0.25) is 0 Å². The maximum absolute atomic E-state index is 12.2. The van der Waals surface area contributed by atoms with E-state index in [1.165, 1.54) is 0 Å². The molecule has 1 atom stereocenters. The van der Waals surface area contributed by atoms with E-state index in [1.54, 1.807) is 38.2 Å². The lowest BCUT2D eigenvalue weighted by molar-refractivity contribution is -0.144. The van der Waals surface area contributed by atoms with E-state index in [2.05, 4.69) is 10.3 Å². The highest BCUT2D eigenvalue weighted by Crippen LogP contribution is 2.20. The Kier molecular flexibility index (Phi) is 3.59. The van der Waals surface area contributed by atoms with Gasteiger partial charge in [0.2, 0.25) is 11.8 Å². The van der Waals surface area contributed by atoms with E-state index in [0.29, 0.717) is 5.69 Å². The third-order valence-corrected chi connectivity index (χ3v) is 3.00. The Bertz CT molecular complexity index is 513. The molecule has 0 bridgehead atoms. The van der Waals surface area contributed by atoms with Crippen LogP contribution in [0.3, 0.4) is 0 Å². The van der Waals surface area contributed by atoms with E-state index in [1.807, 2.05) is 0 Å². The van der Waals surface area contributed by atoms with E-state index < -0.39 is 23.8 Å². The lowest BCUT2D eigenvalue weighted by Gasteiger charge is -2.31. The summed E-state index contributed by atoms with van der Waals surface area (Å²) in [5, 5.41) is 2.21. The fourth-order valence-electron chi connectivity index (χ4n) is 2.02. The number of carbonyl (C=O) groups is 3. The van der Waals surface area contributed by atoms with E-state index in [0.717, 1.165) is 4.90 Å². The molecule has 0 radical (unpaired) electrons. The Morgan fingerprint density at radius 1 is 1.32 bits per heavy atom. The standard InChI is InChI=1S/C13H15N3O3/c1-8(2)10-11(17)15-13(19)16(12(10)18)7-9-5-3-4-6-14-9/h3-6,8,10H,7H2,1-2H3,(H,15,17,19). The predicted molar refractivity (Wildman–Crippen MR) is 66.7 cm³/mol. The van der Waals surface area contributed by atoms with Gasteiger partial charge in [0.05, 0.1) is 12.2 Å². The number of nitrogens with zero attached hydrogens (tertiary/aromatic N) is 2. The van der Waals surface area contributed by atoms with Gasteiger partial charge in [-0.15, -0.1) is 0 Å². The van der Waals surface area contributed by atoms with Crippen LogP contribution in [0.4, 0.5) is 4.79 Å². The number of amides is 4. The molecule has 0 aromatic carbocycles. The van der Waals surface area contributed by atoms with Gasteiger partial charge < -0.3 is 0 Å². The second-order valence-corrected chi connectivity index (χ2v) is 4.76. The molecule has 1 aliphatic heterocycles. The molecule has 1 aliphatic rings. The molecular formula is C13H15N3O3. The molecule has 1 aromatic rings. The van der Waals surface area contributed by atoms with Gasteiger partial charge in [0.15, 0.2) is 0 Å². The number of pyridine rings is 1. The molecule has 6 heteroatoms. The van der Waals surface area contributed by atoms with Crippen molar-refractivity contribution in [3.05, 3.63) is 30.1 Å². The van der Waals surface area contributed by atoms with Crippen LogP contribution in [-0.4, -0.2) is 27.7 Å². The molecule has 1 unspecified atom stereocenters. The lowest BCUT2D eigenvalue weighted by Crippen LogP contribution is -2.58. The lowest BCUT2D eigenvalue weighted by atomic mass is 9.92. The van der Waals surface area contributed by atoms with E-state index in [-0.39, 0.29) is 12.5 Å². The van der Waals surface area contributed by atoms with Crippen LogP contribution < -0.4 is 5.32 Å². The summed E-state index contributed by atoms with van der Waals surface area (Å²) in [6.07, 6.45) is 1.59. The summed E-state index contributed by atoms with van der Waals surface area (Å²) < 4.78 is 0. The number of aromatic nitrogens is 1. The van der Waals surface area contributed by atoms with Crippen molar-refractivity contribution in [3.63, 3.8) is 0 Å². The van der Waals surface area contributed by atoms with Gasteiger partial charge in [-0.05, 0) is 18.1 Å². The summed E-state index contributed by atoms with van der Waals surface area (Å²) in [7, 11) is 0. The van der Waals surface area contributed by atoms with Crippen molar-refractivity contribution in [1.29, 1.82) is 0 Å². The summed E-state index contributed by atoms with van der Waals surface area (Å²) in [6.45, 7) is 3.62. The molecule has 1 saturated heterocycles. The summed E-state index contributed by atoms with van der Waals surface area (Å²) in [5.41, 5.74) is 0.600. The number of urea groups is 1. The minimum atomic E-state index is -0.818. The van der Waals surface area contributed by atoms with Crippen molar-refractivity contribution >= 4 is 17.8 Å². The fourth-order valence-corrected chi connectivity index (χ4v) is 2.02. The largest absolute Gasteiger partial charge is 0.331 e. The molecule has 2 heterocycles. The first kappa shape index (κ1) is 13.2. The predicted octanol–water partition coefficient (Wildman–Crippen LogP) is 0.932. The highest BCUT2D eigenvalue weighted by atomic mass is 16.2. The minimum absolute atomic E-state index is 0.0714. The molecule has 6 nitrogen and oxygen atoms in total. The Hall–Kier alpha value is -2.24. The normalized spacial score (nSPS) is 19.8. The first-order valence-electron chi connectivity index (χ1n) is 6.07. The van der Waals surface area contributed by atoms with E-state index in [4.69, 9.17) is 0 Å². The van der Waals surface area contributed by atoms with Gasteiger partial charge >= 0.3 is 6.03 Å². The van der Waals surface area contributed by atoms with Crippen LogP contribution in [0.15, 0.2) is 24.4 Å². The monoisotopic (exact) mass is 261 g/mol. The zero-order valence-corrected chi connectivity index (χ0v) is 10.8. The van der Waals surface area contributed by atoms with Gasteiger partial charge in [-0.25, -0.2) is 4.79 Å². The molecule has 1 fully saturated rings. The zero-order chi connectivity index (χ0) is 14.0.